The van der Waals surface area contributed by atoms with E-state index in [0.29, 0.717) is 24.2 Å². The lowest BCUT2D eigenvalue weighted by molar-refractivity contribution is 0.0952. The van der Waals surface area contributed by atoms with E-state index in [1.807, 2.05) is 52.2 Å². The molecule has 0 fully saturated rings. The highest BCUT2D eigenvalue weighted by atomic mass is 16.2. The van der Waals surface area contributed by atoms with Gasteiger partial charge in [0.05, 0.1) is 11.1 Å². The van der Waals surface area contributed by atoms with Gasteiger partial charge >= 0.3 is 0 Å². The number of aryl methyl sites for hydroxylation is 1. The highest BCUT2D eigenvalue weighted by Gasteiger charge is 2.18. The van der Waals surface area contributed by atoms with E-state index in [-0.39, 0.29) is 11.8 Å². The van der Waals surface area contributed by atoms with Gasteiger partial charge in [0.1, 0.15) is 0 Å². The van der Waals surface area contributed by atoms with Crippen LogP contribution in [0, 0.1) is 6.92 Å². The zero-order chi connectivity index (χ0) is 19.8. The zero-order valence-corrected chi connectivity index (χ0v) is 16.5. The number of hydrogen-bond donors (Lipinski definition) is 1. The highest BCUT2D eigenvalue weighted by Crippen LogP contribution is 2.18. The molecule has 6 nitrogen and oxygen atoms in total. The first-order chi connectivity index (χ1) is 12.9. The third kappa shape index (κ3) is 5.89. The Morgan fingerprint density at radius 1 is 1.11 bits per heavy atom. The molecule has 0 bridgehead atoms. The number of rotatable bonds is 8. The van der Waals surface area contributed by atoms with Crippen LogP contribution in [0.5, 0.6) is 0 Å². The molecule has 0 unspecified atom stereocenters. The summed E-state index contributed by atoms with van der Waals surface area (Å²) in [4.78, 5) is 33.1. The molecule has 1 heterocycles. The molecule has 27 heavy (non-hydrogen) atoms. The smallest absolute Gasteiger partial charge is 0.259 e. The van der Waals surface area contributed by atoms with Crippen molar-refractivity contribution in [3.63, 3.8) is 0 Å². The van der Waals surface area contributed by atoms with Gasteiger partial charge in [-0.2, -0.15) is 0 Å². The molecule has 0 saturated carbocycles. The minimum Gasteiger partial charge on any atom is -0.352 e. The summed E-state index contributed by atoms with van der Waals surface area (Å²) in [6.07, 6.45) is 3.85. The van der Waals surface area contributed by atoms with E-state index in [1.54, 1.807) is 11.0 Å². The number of amides is 2. The largest absolute Gasteiger partial charge is 0.352 e. The average molecular weight is 368 g/mol. The normalized spacial score (nSPS) is 10.7. The van der Waals surface area contributed by atoms with Gasteiger partial charge in [0.25, 0.3) is 11.8 Å². The third-order valence-electron chi connectivity index (χ3n) is 4.19. The number of anilines is 1. The van der Waals surface area contributed by atoms with Crippen molar-refractivity contribution in [2.24, 2.45) is 0 Å². The summed E-state index contributed by atoms with van der Waals surface area (Å²) in [7, 11) is 3.99. The van der Waals surface area contributed by atoms with Gasteiger partial charge in [-0.05, 0) is 64.7 Å². The van der Waals surface area contributed by atoms with Gasteiger partial charge in [-0.15, -0.1) is 0 Å². The lowest BCUT2D eigenvalue weighted by Gasteiger charge is -2.21. The fourth-order valence-electron chi connectivity index (χ4n) is 2.78. The van der Waals surface area contributed by atoms with Gasteiger partial charge in [0.15, 0.2) is 0 Å². The van der Waals surface area contributed by atoms with Crippen LogP contribution in [0.25, 0.3) is 0 Å². The summed E-state index contributed by atoms with van der Waals surface area (Å²) in [6, 6.07) is 9.40. The Hall–Kier alpha value is -2.73. The lowest BCUT2D eigenvalue weighted by Crippen LogP contribution is -2.31. The molecule has 0 spiro atoms. The second-order valence-electron chi connectivity index (χ2n) is 6.76. The van der Waals surface area contributed by atoms with E-state index in [4.69, 9.17) is 0 Å². The number of benzene rings is 1. The first kappa shape index (κ1) is 20.6. The molecule has 1 aromatic carbocycles. The first-order valence-electron chi connectivity index (χ1n) is 9.19. The van der Waals surface area contributed by atoms with Crippen LogP contribution in [0.2, 0.25) is 0 Å². The van der Waals surface area contributed by atoms with Crippen molar-refractivity contribution in [3.05, 3.63) is 59.4 Å². The molecule has 2 aromatic rings. The van der Waals surface area contributed by atoms with Gasteiger partial charge in [-0.1, -0.05) is 12.1 Å². The molecule has 1 aromatic heterocycles. The fourth-order valence-corrected chi connectivity index (χ4v) is 2.78. The van der Waals surface area contributed by atoms with Crippen LogP contribution in [0.15, 0.2) is 42.7 Å². The average Bonchev–Trinajstić information content (AvgIpc) is 2.65. The van der Waals surface area contributed by atoms with E-state index < -0.39 is 0 Å². The molecule has 6 heteroatoms. The molecule has 0 radical (unpaired) electrons. The molecule has 0 aliphatic rings. The number of carbonyl (C=O) groups excluding carboxylic acids is 2. The molecule has 2 rings (SSSR count). The highest BCUT2D eigenvalue weighted by molar-refractivity contribution is 6.07. The zero-order valence-electron chi connectivity index (χ0n) is 16.5. The van der Waals surface area contributed by atoms with E-state index in [1.165, 1.54) is 12.4 Å². The second-order valence-corrected chi connectivity index (χ2v) is 6.76. The summed E-state index contributed by atoms with van der Waals surface area (Å²) in [6.45, 7) is 5.93. The summed E-state index contributed by atoms with van der Waals surface area (Å²) in [5.41, 5.74) is 2.72. The number of carbonyl (C=O) groups is 2. The van der Waals surface area contributed by atoms with Crippen LogP contribution in [-0.4, -0.2) is 55.4 Å². The minimum absolute atomic E-state index is 0.169. The van der Waals surface area contributed by atoms with Crippen LogP contribution in [0.3, 0.4) is 0 Å². The van der Waals surface area contributed by atoms with E-state index >= 15 is 0 Å². The Bertz CT molecular complexity index is 789. The Morgan fingerprint density at radius 3 is 2.52 bits per heavy atom. The van der Waals surface area contributed by atoms with Gasteiger partial charge in [-0.3, -0.25) is 14.6 Å². The van der Waals surface area contributed by atoms with Crippen molar-refractivity contribution in [2.75, 3.05) is 38.6 Å². The second kappa shape index (κ2) is 9.83. The molecule has 0 atom stereocenters. The van der Waals surface area contributed by atoms with Crippen LogP contribution >= 0.6 is 0 Å². The topological polar surface area (TPSA) is 65.5 Å². The molecular formula is C21H28N4O2. The summed E-state index contributed by atoms with van der Waals surface area (Å²) >= 11 is 0. The first-order valence-corrected chi connectivity index (χ1v) is 9.19. The van der Waals surface area contributed by atoms with Crippen molar-refractivity contribution >= 4 is 17.5 Å². The van der Waals surface area contributed by atoms with E-state index in [9.17, 15) is 9.59 Å². The standard InChI is InChI=1S/C21H28N4O2/c1-5-25(19-9-6-8-16(2)12-19)21(27)18-13-17(14-22-15-18)20(26)23-10-7-11-24(3)4/h6,8-9,12-15H,5,7,10-11H2,1-4H3,(H,23,26). The summed E-state index contributed by atoms with van der Waals surface area (Å²) in [5, 5.41) is 2.87. The fraction of sp³-hybridized carbons (Fsp3) is 0.381. The van der Waals surface area contributed by atoms with Gasteiger partial charge in [0, 0.05) is 31.2 Å². The summed E-state index contributed by atoms with van der Waals surface area (Å²) in [5.74, 6) is -0.382. The van der Waals surface area contributed by atoms with Crippen molar-refractivity contribution in [1.29, 1.82) is 0 Å². The molecule has 2 amide bonds. The molecule has 0 aliphatic carbocycles. The number of aromatic nitrogens is 1. The van der Waals surface area contributed by atoms with Crippen LogP contribution in [-0.2, 0) is 0 Å². The maximum Gasteiger partial charge on any atom is 0.259 e. The lowest BCUT2D eigenvalue weighted by atomic mass is 10.1. The van der Waals surface area contributed by atoms with Crippen molar-refractivity contribution in [3.8, 4) is 0 Å². The van der Waals surface area contributed by atoms with Crippen molar-refractivity contribution in [1.82, 2.24) is 15.2 Å². The van der Waals surface area contributed by atoms with Crippen LogP contribution in [0.4, 0.5) is 5.69 Å². The number of pyridine rings is 1. The summed E-state index contributed by atoms with van der Waals surface area (Å²) < 4.78 is 0. The van der Waals surface area contributed by atoms with Gasteiger partial charge in [0.2, 0.25) is 0 Å². The molecular weight excluding hydrogens is 340 g/mol. The maximum atomic E-state index is 12.9. The van der Waals surface area contributed by atoms with Gasteiger partial charge < -0.3 is 15.1 Å². The van der Waals surface area contributed by atoms with Gasteiger partial charge in [-0.25, -0.2) is 0 Å². The Balaban J connectivity index is 2.10. The molecule has 0 saturated heterocycles. The molecule has 0 aliphatic heterocycles. The number of nitrogens with zero attached hydrogens (tertiary/aromatic N) is 3. The molecule has 1 N–H and O–H groups in total. The predicted molar refractivity (Wildman–Crippen MR) is 108 cm³/mol. The minimum atomic E-state index is -0.213. The quantitative estimate of drug-likeness (QED) is 0.728. The number of hydrogen-bond acceptors (Lipinski definition) is 4. The van der Waals surface area contributed by atoms with Crippen LogP contribution in [0.1, 0.15) is 39.6 Å². The monoisotopic (exact) mass is 368 g/mol. The predicted octanol–water partition coefficient (Wildman–Crippen LogP) is 2.74. The van der Waals surface area contributed by atoms with Crippen LogP contribution < -0.4 is 10.2 Å². The maximum absolute atomic E-state index is 12.9. The third-order valence-corrected chi connectivity index (χ3v) is 4.19. The molecule has 144 valence electrons. The Labute approximate surface area is 161 Å². The van der Waals surface area contributed by atoms with Crippen molar-refractivity contribution in [2.45, 2.75) is 20.3 Å². The Morgan fingerprint density at radius 2 is 1.85 bits per heavy atom. The Kier molecular flexibility index (Phi) is 7.49. The SMILES string of the molecule is CCN(C(=O)c1cncc(C(=O)NCCCN(C)C)c1)c1cccc(C)c1. The van der Waals surface area contributed by atoms with E-state index in [0.717, 1.165) is 24.2 Å². The van der Waals surface area contributed by atoms with Crippen molar-refractivity contribution < 1.29 is 9.59 Å². The number of nitrogens with one attached hydrogen (secondary N) is 1. The van der Waals surface area contributed by atoms with E-state index in [2.05, 4.69) is 15.2 Å².